The van der Waals surface area contributed by atoms with Gasteiger partial charge in [0.1, 0.15) is 11.5 Å². The summed E-state index contributed by atoms with van der Waals surface area (Å²) in [6, 6.07) is 6.53. The first-order valence-electron chi connectivity index (χ1n) is 7.88. The SMILES string of the molecule is CCOc1ccc(OCC)c(N2CC(C)(C)NCC2C)c1. The van der Waals surface area contributed by atoms with Crippen molar-refractivity contribution in [2.75, 3.05) is 31.2 Å². The van der Waals surface area contributed by atoms with E-state index in [9.17, 15) is 0 Å². The lowest BCUT2D eigenvalue weighted by atomic mass is 9.98. The van der Waals surface area contributed by atoms with Crippen LogP contribution in [0.2, 0.25) is 0 Å². The minimum Gasteiger partial charge on any atom is -0.494 e. The Morgan fingerprint density at radius 3 is 2.62 bits per heavy atom. The van der Waals surface area contributed by atoms with Crippen molar-refractivity contribution in [1.82, 2.24) is 5.32 Å². The lowest BCUT2D eigenvalue weighted by Gasteiger charge is -2.45. The van der Waals surface area contributed by atoms with E-state index in [2.05, 4.69) is 37.1 Å². The predicted octanol–water partition coefficient (Wildman–Crippen LogP) is 3.06. The second-order valence-electron chi connectivity index (χ2n) is 6.24. The van der Waals surface area contributed by atoms with Crippen LogP contribution in [0.15, 0.2) is 18.2 Å². The van der Waals surface area contributed by atoms with Gasteiger partial charge in [-0.2, -0.15) is 0 Å². The van der Waals surface area contributed by atoms with Gasteiger partial charge in [-0.25, -0.2) is 0 Å². The predicted molar refractivity (Wildman–Crippen MR) is 87.7 cm³/mol. The smallest absolute Gasteiger partial charge is 0.142 e. The van der Waals surface area contributed by atoms with Crippen LogP contribution in [0.25, 0.3) is 0 Å². The van der Waals surface area contributed by atoms with Crippen molar-refractivity contribution >= 4 is 5.69 Å². The van der Waals surface area contributed by atoms with Crippen molar-refractivity contribution in [3.05, 3.63) is 18.2 Å². The monoisotopic (exact) mass is 292 g/mol. The molecule has 0 spiro atoms. The fourth-order valence-electron chi connectivity index (χ4n) is 2.75. The zero-order valence-corrected chi connectivity index (χ0v) is 13.9. The molecule has 1 aromatic rings. The van der Waals surface area contributed by atoms with Crippen molar-refractivity contribution in [2.24, 2.45) is 0 Å². The molecule has 0 aromatic heterocycles. The zero-order chi connectivity index (χ0) is 15.5. The molecule has 4 heteroatoms. The molecule has 118 valence electrons. The fraction of sp³-hybridized carbons (Fsp3) is 0.647. The van der Waals surface area contributed by atoms with E-state index in [-0.39, 0.29) is 5.54 Å². The molecule has 0 amide bonds. The molecule has 0 aliphatic carbocycles. The zero-order valence-electron chi connectivity index (χ0n) is 13.9. The number of hydrogen-bond acceptors (Lipinski definition) is 4. The van der Waals surface area contributed by atoms with Gasteiger partial charge in [0.2, 0.25) is 0 Å². The molecule has 1 fully saturated rings. The van der Waals surface area contributed by atoms with Crippen LogP contribution in [0.1, 0.15) is 34.6 Å². The van der Waals surface area contributed by atoms with Crippen LogP contribution in [-0.2, 0) is 0 Å². The van der Waals surface area contributed by atoms with Crippen molar-refractivity contribution in [3.8, 4) is 11.5 Å². The molecule has 1 heterocycles. The largest absolute Gasteiger partial charge is 0.494 e. The van der Waals surface area contributed by atoms with Crippen molar-refractivity contribution in [2.45, 2.75) is 46.2 Å². The van der Waals surface area contributed by atoms with Gasteiger partial charge in [-0.05, 0) is 46.8 Å². The number of piperazine rings is 1. The Morgan fingerprint density at radius 2 is 1.95 bits per heavy atom. The third-order valence-electron chi connectivity index (χ3n) is 3.82. The van der Waals surface area contributed by atoms with E-state index in [4.69, 9.17) is 9.47 Å². The van der Waals surface area contributed by atoms with E-state index < -0.39 is 0 Å². The van der Waals surface area contributed by atoms with Crippen LogP contribution >= 0.6 is 0 Å². The van der Waals surface area contributed by atoms with Crippen LogP contribution in [0.3, 0.4) is 0 Å². The van der Waals surface area contributed by atoms with E-state index in [1.54, 1.807) is 0 Å². The van der Waals surface area contributed by atoms with E-state index in [0.717, 1.165) is 30.3 Å². The number of benzene rings is 1. The summed E-state index contributed by atoms with van der Waals surface area (Å²) in [5.41, 5.74) is 1.22. The molecule has 1 aromatic carbocycles. The van der Waals surface area contributed by atoms with Crippen LogP contribution < -0.4 is 19.7 Å². The number of ether oxygens (including phenoxy) is 2. The van der Waals surface area contributed by atoms with Gasteiger partial charge in [-0.1, -0.05) is 0 Å². The summed E-state index contributed by atoms with van der Waals surface area (Å²) in [4.78, 5) is 2.42. The molecule has 1 aliphatic heterocycles. The van der Waals surface area contributed by atoms with Gasteiger partial charge >= 0.3 is 0 Å². The maximum Gasteiger partial charge on any atom is 0.142 e. The van der Waals surface area contributed by atoms with E-state index in [0.29, 0.717) is 19.3 Å². The molecule has 4 nitrogen and oxygen atoms in total. The van der Waals surface area contributed by atoms with Gasteiger partial charge in [0, 0.05) is 30.7 Å². The number of rotatable bonds is 5. The summed E-state index contributed by atoms with van der Waals surface area (Å²) in [6.07, 6.45) is 0. The Labute approximate surface area is 128 Å². The standard InChI is InChI=1S/C17H28N2O2/c1-6-20-14-8-9-16(21-7-2)15(10-14)19-12-17(4,5)18-11-13(19)3/h8-10,13,18H,6-7,11-12H2,1-5H3. The van der Waals surface area contributed by atoms with Crippen molar-refractivity contribution in [1.29, 1.82) is 0 Å². The summed E-state index contributed by atoms with van der Waals surface area (Å²) in [6.45, 7) is 14.0. The van der Waals surface area contributed by atoms with E-state index in [1.165, 1.54) is 0 Å². The Morgan fingerprint density at radius 1 is 1.24 bits per heavy atom. The second-order valence-corrected chi connectivity index (χ2v) is 6.24. The summed E-state index contributed by atoms with van der Waals surface area (Å²) in [7, 11) is 0. The first kappa shape index (κ1) is 16.0. The Hall–Kier alpha value is -1.42. The minimum atomic E-state index is 0.0949. The molecule has 0 bridgehead atoms. The second kappa shape index (κ2) is 6.56. The van der Waals surface area contributed by atoms with Gasteiger partial charge in [-0.3, -0.25) is 0 Å². The quantitative estimate of drug-likeness (QED) is 0.904. The molecule has 1 saturated heterocycles. The van der Waals surface area contributed by atoms with Crippen LogP contribution in [0.4, 0.5) is 5.69 Å². The molecule has 21 heavy (non-hydrogen) atoms. The lowest BCUT2D eigenvalue weighted by Crippen LogP contribution is -2.61. The van der Waals surface area contributed by atoms with Crippen molar-refractivity contribution < 1.29 is 9.47 Å². The van der Waals surface area contributed by atoms with Gasteiger partial charge in [0.25, 0.3) is 0 Å². The summed E-state index contributed by atoms with van der Waals surface area (Å²) in [5.74, 6) is 1.84. The Bertz CT molecular complexity index is 474. The number of anilines is 1. The summed E-state index contributed by atoms with van der Waals surface area (Å²) in [5, 5.41) is 3.59. The van der Waals surface area contributed by atoms with Gasteiger partial charge < -0.3 is 19.7 Å². The van der Waals surface area contributed by atoms with Crippen LogP contribution in [0.5, 0.6) is 11.5 Å². The summed E-state index contributed by atoms with van der Waals surface area (Å²) >= 11 is 0. The molecule has 0 saturated carbocycles. The Kier molecular flexibility index (Phi) is 4.99. The molecular weight excluding hydrogens is 264 g/mol. The normalized spacial score (nSPS) is 21.2. The molecule has 1 N–H and O–H groups in total. The average molecular weight is 292 g/mol. The maximum atomic E-state index is 5.82. The average Bonchev–Trinajstić information content (AvgIpc) is 2.44. The van der Waals surface area contributed by atoms with E-state index >= 15 is 0 Å². The van der Waals surface area contributed by atoms with Gasteiger partial charge in [-0.15, -0.1) is 0 Å². The number of nitrogens with zero attached hydrogens (tertiary/aromatic N) is 1. The summed E-state index contributed by atoms with van der Waals surface area (Å²) < 4.78 is 11.5. The first-order chi connectivity index (χ1) is 9.96. The van der Waals surface area contributed by atoms with Crippen LogP contribution in [0, 0.1) is 0 Å². The number of nitrogens with one attached hydrogen (secondary N) is 1. The molecule has 1 aliphatic rings. The highest BCUT2D eigenvalue weighted by Crippen LogP contribution is 2.35. The van der Waals surface area contributed by atoms with Crippen LogP contribution in [-0.4, -0.2) is 37.9 Å². The van der Waals surface area contributed by atoms with E-state index in [1.807, 2.05) is 26.0 Å². The topological polar surface area (TPSA) is 33.7 Å². The first-order valence-corrected chi connectivity index (χ1v) is 7.88. The number of hydrogen-bond donors (Lipinski definition) is 1. The highest BCUT2D eigenvalue weighted by atomic mass is 16.5. The molecule has 1 atom stereocenters. The van der Waals surface area contributed by atoms with Gasteiger partial charge in [0.05, 0.1) is 18.9 Å². The van der Waals surface area contributed by atoms with Gasteiger partial charge in [0.15, 0.2) is 0 Å². The molecule has 2 rings (SSSR count). The maximum absolute atomic E-state index is 5.82. The molecule has 1 unspecified atom stereocenters. The molecule has 0 radical (unpaired) electrons. The molecular formula is C17H28N2O2. The fourth-order valence-corrected chi connectivity index (χ4v) is 2.75. The lowest BCUT2D eigenvalue weighted by molar-refractivity contribution is 0.306. The third-order valence-corrected chi connectivity index (χ3v) is 3.82. The highest BCUT2D eigenvalue weighted by Gasteiger charge is 2.31. The highest BCUT2D eigenvalue weighted by molar-refractivity contribution is 5.63. The third kappa shape index (κ3) is 3.82. The Balaban J connectivity index is 2.35. The van der Waals surface area contributed by atoms with Crippen molar-refractivity contribution in [3.63, 3.8) is 0 Å². The minimum absolute atomic E-state index is 0.0949.